The molecule has 0 atom stereocenters. The topological polar surface area (TPSA) is 52.1 Å². The Balaban J connectivity index is 1.89. The van der Waals surface area contributed by atoms with Crippen molar-refractivity contribution >= 4 is 5.97 Å². The predicted octanol–water partition coefficient (Wildman–Crippen LogP) is 5.36. The summed E-state index contributed by atoms with van der Waals surface area (Å²) in [5, 5.41) is 0. The van der Waals surface area contributed by atoms with E-state index < -0.39 is 0 Å². The van der Waals surface area contributed by atoms with Crippen molar-refractivity contribution in [1.29, 1.82) is 0 Å². The Morgan fingerprint density at radius 2 is 1.60 bits per heavy atom. The first-order valence-corrected chi connectivity index (χ1v) is 9.35. The molecule has 0 spiro atoms. The molecule has 0 amide bonds. The van der Waals surface area contributed by atoms with Gasteiger partial charge in [-0.25, -0.2) is 9.97 Å². The number of esters is 1. The van der Waals surface area contributed by atoms with Crippen LogP contribution in [0.4, 0.5) is 0 Å². The molecular formula is C21H28N2O2. The Labute approximate surface area is 150 Å². The molecule has 0 aliphatic heterocycles. The Kier molecular flexibility index (Phi) is 8.10. The highest BCUT2D eigenvalue weighted by molar-refractivity contribution is 5.72. The Bertz CT molecular complexity index is 636. The molecule has 0 N–H and O–H groups in total. The summed E-state index contributed by atoms with van der Waals surface area (Å²) in [5.41, 5.74) is 2.10. The molecule has 134 valence electrons. The van der Waals surface area contributed by atoms with Crippen molar-refractivity contribution in [3.05, 3.63) is 42.2 Å². The monoisotopic (exact) mass is 340 g/mol. The van der Waals surface area contributed by atoms with Crippen LogP contribution in [0.25, 0.3) is 11.4 Å². The zero-order valence-electron chi connectivity index (χ0n) is 15.3. The first-order chi connectivity index (χ1) is 12.2. The molecule has 0 radical (unpaired) electrons. The third kappa shape index (κ3) is 6.65. The van der Waals surface area contributed by atoms with E-state index in [1.165, 1.54) is 31.2 Å². The summed E-state index contributed by atoms with van der Waals surface area (Å²) < 4.78 is 5.31. The maximum Gasteiger partial charge on any atom is 0.311 e. The Morgan fingerprint density at radius 1 is 0.920 bits per heavy atom. The average molecular weight is 340 g/mol. The van der Waals surface area contributed by atoms with E-state index in [0.29, 0.717) is 18.0 Å². The minimum absolute atomic E-state index is 0.182. The van der Waals surface area contributed by atoms with Gasteiger partial charge in [0.2, 0.25) is 0 Å². The molecule has 0 unspecified atom stereocenters. The maximum absolute atomic E-state index is 11.6. The summed E-state index contributed by atoms with van der Waals surface area (Å²) >= 11 is 0. The predicted molar refractivity (Wildman–Crippen MR) is 100 cm³/mol. The van der Waals surface area contributed by atoms with Crippen molar-refractivity contribution in [1.82, 2.24) is 9.97 Å². The van der Waals surface area contributed by atoms with Crippen molar-refractivity contribution in [2.45, 2.75) is 65.2 Å². The summed E-state index contributed by atoms with van der Waals surface area (Å²) in [6.07, 6.45) is 12.1. The summed E-state index contributed by atoms with van der Waals surface area (Å²) in [6, 6.07) is 7.36. The molecule has 25 heavy (non-hydrogen) atoms. The number of ether oxygens (including phenoxy) is 1. The summed E-state index contributed by atoms with van der Waals surface area (Å²) in [5.74, 6) is 1.08. The quantitative estimate of drug-likeness (QED) is 0.332. The van der Waals surface area contributed by atoms with Gasteiger partial charge in [-0.2, -0.15) is 0 Å². The highest BCUT2D eigenvalue weighted by Crippen LogP contribution is 2.20. The fourth-order valence-electron chi connectivity index (χ4n) is 2.56. The van der Waals surface area contributed by atoms with Gasteiger partial charge >= 0.3 is 5.97 Å². The van der Waals surface area contributed by atoms with Gasteiger partial charge in [0.1, 0.15) is 5.75 Å². The zero-order chi connectivity index (χ0) is 17.9. The molecular weight excluding hydrogens is 312 g/mol. The lowest BCUT2D eigenvalue weighted by Crippen LogP contribution is -2.07. The van der Waals surface area contributed by atoms with Gasteiger partial charge in [-0.15, -0.1) is 0 Å². The van der Waals surface area contributed by atoms with Crippen LogP contribution in [-0.2, 0) is 11.2 Å². The number of aryl methyl sites for hydroxylation is 1. The third-order valence-electron chi connectivity index (χ3n) is 4.10. The number of rotatable bonds is 10. The van der Waals surface area contributed by atoms with Crippen molar-refractivity contribution in [3.8, 4) is 17.1 Å². The summed E-state index contributed by atoms with van der Waals surface area (Å²) in [6.45, 7) is 4.27. The Hall–Kier alpha value is -2.23. The normalized spacial score (nSPS) is 10.6. The number of carbonyl (C=O) groups is 1. The van der Waals surface area contributed by atoms with Gasteiger partial charge in [0.25, 0.3) is 0 Å². The van der Waals surface area contributed by atoms with Gasteiger partial charge in [0, 0.05) is 24.4 Å². The molecule has 2 rings (SSSR count). The molecule has 1 heterocycles. The molecule has 2 aromatic rings. The van der Waals surface area contributed by atoms with Crippen LogP contribution >= 0.6 is 0 Å². The van der Waals surface area contributed by atoms with Crippen LogP contribution in [0, 0.1) is 0 Å². The molecule has 0 saturated heterocycles. The molecule has 0 aliphatic carbocycles. The number of hydrogen-bond donors (Lipinski definition) is 0. The van der Waals surface area contributed by atoms with E-state index in [2.05, 4.69) is 23.8 Å². The third-order valence-corrected chi connectivity index (χ3v) is 4.10. The second-order valence-corrected chi connectivity index (χ2v) is 6.33. The van der Waals surface area contributed by atoms with E-state index in [0.717, 1.165) is 24.8 Å². The van der Waals surface area contributed by atoms with Gasteiger partial charge in [0.05, 0.1) is 0 Å². The average Bonchev–Trinajstić information content (AvgIpc) is 2.65. The largest absolute Gasteiger partial charge is 0.427 e. The molecule has 0 saturated carbocycles. The molecule has 1 aromatic heterocycles. The van der Waals surface area contributed by atoms with Crippen molar-refractivity contribution in [3.63, 3.8) is 0 Å². The number of hydrogen-bond acceptors (Lipinski definition) is 4. The van der Waals surface area contributed by atoms with Crippen molar-refractivity contribution in [2.24, 2.45) is 0 Å². The van der Waals surface area contributed by atoms with Crippen molar-refractivity contribution in [2.75, 3.05) is 0 Å². The lowest BCUT2D eigenvalue weighted by molar-refractivity contribution is -0.134. The zero-order valence-corrected chi connectivity index (χ0v) is 15.3. The summed E-state index contributed by atoms with van der Waals surface area (Å²) in [7, 11) is 0. The number of carbonyl (C=O) groups excluding carboxylic acids is 1. The minimum atomic E-state index is -0.182. The van der Waals surface area contributed by atoms with E-state index in [9.17, 15) is 4.79 Å². The first kappa shape index (κ1) is 19.1. The van der Waals surface area contributed by atoms with E-state index in [1.807, 2.05) is 24.5 Å². The van der Waals surface area contributed by atoms with E-state index in [1.54, 1.807) is 12.1 Å². The van der Waals surface area contributed by atoms with E-state index in [-0.39, 0.29) is 5.97 Å². The molecule has 0 bridgehead atoms. The fourth-order valence-corrected chi connectivity index (χ4v) is 2.56. The second kappa shape index (κ2) is 10.6. The van der Waals surface area contributed by atoms with Crippen LogP contribution in [-0.4, -0.2) is 15.9 Å². The van der Waals surface area contributed by atoms with Crippen LogP contribution < -0.4 is 4.74 Å². The number of unbranched alkanes of at least 4 members (excludes halogenated alkanes) is 4. The SMILES string of the molecule is CCCCCCc1cnc(-c2ccc(OC(=O)CCCC)cc2)nc1. The van der Waals surface area contributed by atoms with Crippen LogP contribution in [0.2, 0.25) is 0 Å². The number of aromatic nitrogens is 2. The lowest BCUT2D eigenvalue weighted by atomic mass is 10.1. The van der Waals surface area contributed by atoms with Gasteiger partial charge in [-0.05, 0) is 49.1 Å². The molecule has 4 nitrogen and oxygen atoms in total. The smallest absolute Gasteiger partial charge is 0.311 e. The molecule has 0 aliphatic rings. The molecule has 4 heteroatoms. The standard InChI is InChI=1S/C21H28N2O2/c1-3-5-7-8-9-17-15-22-21(23-16-17)18-11-13-19(14-12-18)25-20(24)10-6-4-2/h11-16H,3-10H2,1-2H3. The first-order valence-electron chi connectivity index (χ1n) is 9.35. The Morgan fingerprint density at radius 3 is 2.24 bits per heavy atom. The lowest BCUT2D eigenvalue weighted by Gasteiger charge is -2.06. The van der Waals surface area contributed by atoms with Gasteiger partial charge in [0.15, 0.2) is 5.82 Å². The van der Waals surface area contributed by atoms with E-state index in [4.69, 9.17) is 4.74 Å². The van der Waals surface area contributed by atoms with E-state index >= 15 is 0 Å². The number of benzene rings is 1. The highest BCUT2D eigenvalue weighted by atomic mass is 16.5. The van der Waals surface area contributed by atoms with Gasteiger partial charge in [-0.3, -0.25) is 4.79 Å². The van der Waals surface area contributed by atoms with Crippen molar-refractivity contribution < 1.29 is 9.53 Å². The van der Waals surface area contributed by atoms with Crippen LogP contribution in [0.5, 0.6) is 5.75 Å². The summed E-state index contributed by atoms with van der Waals surface area (Å²) in [4.78, 5) is 20.6. The van der Waals surface area contributed by atoms with Crippen LogP contribution in [0.3, 0.4) is 0 Å². The second-order valence-electron chi connectivity index (χ2n) is 6.33. The minimum Gasteiger partial charge on any atom is -0.427 e. The maximum atomic E-state index is 11.6. The van der Waals surface area contributed by atoms with Gasteiger partial charge in [-0.1, -0.05) is 39.5 Å². The van der Waals surface area contributed by atoms with Crippen LogP contribution in [0.15, 0.2) is 36.7 Å². The molecule has 1 aromatic carbocycles. The molecule has 0 fully saturated rings. The van der Waals surface area contributed by atoms with Gasteiger partial charge < -0.3 is 4.74 Å². The fraction of sp³-hybridized carbons (Fsp3) is 0.476. The van der Waals surface area contributed by atoms with Crippen LogP contribution in [0.1, 0.15) is 64.4 Å². The number of nitrogens with zero attached hydrogens (tertiary/aromatic N) is 2. The highest BCUT2D eigenvalue weighted by Gasteiger charge is 2.06.